The zero-order valence-corrected chi connectivity index (χ0v) is 17.8. The molecule has 1 aliphatic heterocycles. The molecule has 28 heavy (non-hydrogen) atoms. The largest absolute Gasteiger partial charge is 0.378 e. The maximum atomic E-state index is 11.5. The van der Waals surface area contributed by atoms with Crippen LogP contribution in [0.5, 0.6) is 0 Å². The molecule has 4 rings (SSSR count). The maximum absolute atomic E-state index is 11.5. The van der Waals surface area contributed by atoms with Crippen LogP contribution in [0.15, 0.2) is 51.9 Å². The molecule has 1 aromatic carbocycles. The Morgan fingerprint density at radius 2 is 1.82 bits per heavy atom. The number of rotatable bonds is 4. The second kappa shape index (κ2) is 11.4. The van der Waals surface area contributed by atoms with E-state index in [1.54, 1.807) is 6.20 Å². The molecule has 1 saturated heterocycles. The summed E-state index contributed by atoms with van der Waals surface area (Å²) in [5.41, 5.74) is 1.95. The van der Waals surface area contributed by atoms with Crippen molar-refractivity contribution in [1.82, 2.24) is 4.98 Å². The predicted molar refractivity (Wildman–Crippen MR) is 116 cm³/mol. The van der Waals surface area contributed by atoms with E-state index in [4.69, 9.17) is 9.47 Å². The summed E-state index contributed by atoms with van der Waals surface area (Å²) in [7, 11) is 0. The quantitative estimate of drug-likeness (QED) is 0.747. The highest BCUT2D eigenvalue weighted by molar-refractivity contribution is 9.10. The predicted octanol–water partition coefficient (Wildman–Crippen LogP) is 4.51. The van der Waals surface area contributed by atoms with Crippen molar-refractivity contribution in [3.05, 3.63) is 63.0 Å². The van der Waals surface area contributed by atoms with Crippen LogP contribution in [0.2, 0.25) is 0 Å². The van der Waals surface area contributed by atoms with Gasteiger partial charge in [-0.1, -0.05) is 49.6 Å². The minimum Gasteiger partial charge on any atom is -0.378 e. The molecule has 2 aliphatic rings. The second-order valence-corrected chi connectivity index (χ2v) is 8.10. The van der Waals surface area contributed by atoms with Crippen LogP contribution >= 0.6 is 15.9 Å². The molecular formula is C22H29BrN2O3. The Morgan fingerprint density at radius 1 is 1.11 bits per heavy atom. The van der Waals surface area contributed by atoms with Crippen molar-refractivity contribution in [3.63, 3.8) is 0 Å². The zero-order chi connectivity index (χ0) is 19.6. The summed E-state index contributed by atoms with van der Waals surface area (Å²) in [5, 5.41) is 0. The van der Waals surface area contributed by atoms with E-state index in [0.29, 0.717) is 25.0 Å². The van der Waals surface area contributed by atoms with Crippen molar-refractivity contribution in [2.24, 2.45) is 0 Å². The monoisotopic (exact) mass is 448 g/mol. The smallest absolute Gasteiger partial charge is 0.271 e. The number of aromatic amines is 1. The first kappa shape index (κ1) is 21.1. The van der Waals surface area contributed by atoms with E-state index in [-0.39, 0.29) is 5.56 Å². The van der Waals surface area contributed by atoms with Gasteiger partial charge in [-0.2, -0.15) is 0 Å². The highest BCUT2D eigenvalue weighted by Gasteiger charge is 2.14. The van der Waals surface area contributed by atoms with Gasteiger partial charge in [0.15, 0.2) is 0 Å². The number of hydrogen-bond donors (Lipinski definition) is 1. The number of nitrogens with zero attached hydrogens (tertiary/aromatic N) is 1. The van der Waals surface area contributed by atoms with Crippen LogP contribution in [-0.4, -0.2) is 37.4 Å². The minimum absolute atomic E-state index is 0.0462. The first-order chi connectivity index (χ1) is 13.7. The molecule has 0 amide bonds. The normalized spacial score (nSPS) is 17.7. The van der Waals surface area contributed by atoms with Gasteiger partial charge in [-0.05, 0) is 40.4 Å². The lowest BCUT2D eigenvalue weighted by molar-refractivity contribution is 0.0169. The molecule has 6 heteroatoms. The number of halogens is 1. The van der Waals surface area contributed by atoms with Gasteiger partial charge < -0.3 is 19.4 Å². The zero-order valence-electron chi connectivity index (χ0n) is 16.2. The van der Waals surface area contributed by atoms with Gasteiger partial charge in [-0.15, -0.1) is 0 Å². The minimum atomic E-state index is -0.0462. The molecule has 5 nitrogen and oxygen atoms in total. The number of nitrogens with one attached hydrogen (secondary N) is 1. The summed E-state index contributed by atoms with van der Waals surface area (Å²) in [6.45, 7) is 3.71. The lowest BCUT2D eigenvalue weighted by Crippen LogP contribution is -2.39. The van der Waals surface area contributed by atoms with Gasteiger partial charge in [-0.25, -0.2) is 0 Å². The fourth-order valence-electron chi connectivity index (χ4n) is 3.51. The molecule has 0 spiro atoms. The van der Waals surface area contributed by atoms with E-state index in [1.165, 1.54) is 37.7 Å². The highest BCUT2D eigenvalue weighted by Crippen LogP contribution is 2.21. The molecule has 1 saturated carbocycles. The van der Waals surface area contributed by atoms with Crippen molar-refractivity contribution >= 4 is 21.6 Å². The Labute approximate surface area is 175 Å². The van der Waals surface area contributed by atoms with Crippen molar-refractivity contribution in [2.75, 3.05) is 31.2 Å². The Balaban J connectivity index is 0.000000161. The first-order valence-electron chi connectivity index (χ1n) is 10.1. The van der Waals surface area contributed by atoms with Crippen molar-refractivity contribution in [2.45, 2.75) is 44.8 Å². The molecule has 1 aliphatic carbocycles. The number of morpholine rings is 1. The van der Waals surface area contributed by atoms with E-state index < -0.39 is 0 Å². The number of anilines is 1. The van der Waals surface area contributed by atoms with E-state index in [2.05, 4.69) is 45.2 Å². The third kappa shape index (κ3) is 6.76. The Bertz CT molecular complexity index is 754. The van der Waals surface area contributed by atoms with Crippen LogP contribution in [0.4, 0.5) is 5.69 Å². The fraction of sp³-hybridized carbons (Fsp3) is 0.500. The summed E-state index contributed by atoms with van der Waals surface area (Å²) in [6.07, 6.45) is 8.76. The lowest BCUT2D eigenvalue weighted by Gasteiger charge is -2.27. The van der Waals surface area contributed by atoms with Crippen molar-refractivity contribution in [1.29, 1.82) is 0 Å². The number of benzene rings is 1. The summed E-state index contributed by atoms with van der Waals surface area (Å²) >= 11 is 3.33. The molecule has 0 unspecified atom stereocenters. The average Bonchev–Trinajstić information content (AvgIpc) is 2.76. The highest BCUT2D eigenvalue weighted by atomic mass is 79.9. The van der Waals surface area contributed by atoms with Crippen LogP contribution in [-0.2, 0) is 16.1 Å². The third-order valence-electron chi connectivity index (χ3n) is 5.08. The Morgan fingerprint density at radius 3 is 2.54 bits per heavy atom. The second-order valence-electron chi connectivity index (χ2n) is 7.19. The molecule has 2 fully saturated rings. The van der Waals surface area contributed by atoms with Crippen LogP contribution in [0.1, 0.15) is 37.7 Å². The third-order valence-corrected chi connectivity index (χ3v) is 5.54. The van der Waals surface area contributed by atoms with Crippen molar-refractivity contribution in [3.8, 4) is 0 Å². The Hall–Kier alpha value is -1.63. The van der Waals surface area contributed by atoms with Crippen LogP contribution in [0.3, 0.4) is 0 Å². The Kier molecular flexibility index (Phi) is 8.58. The molecule has 2 heterocycles. The number of aromatic nitrogens is 1. The molecule has 0 atom stereocenters. The molecule has 1 N–H and O–H groups in total. The van der Waals surface area contributed by atoms with E-state index in [1.807, 2.05) is 17.0 Å². The van der Waals surface area contributed by atoms with Gasteiger partial charge in [-0.3, -0.25) is 4.79 Å². The van der Waals surface area contributed by atoms with E-state index >= 15 is 0 Å². The SMILES string of the molecule is O=c1[nH]cc(Br)cc1N1CCOCC1.c1ccc(COC2CCCCC2)cc1. The molecule has 0 bridgehead atoms. The van der Waals surface area contributed by atoms with Crippen LogP contribution in [0, 0.1) is 0 Å². The summed E-state index contributed by atoms with van der Waals surface area (Å²) in [5.74, 6) is 0. The van der Waals surface area contributed by atoms with Gasteiger partial charge in [0.05, 0.1) is 25.9 Å². The summed E-state index contributed by atoms with van der Waals surface area (Å²) in [6, 6.07) is 12.3. The standard InChI is InChI=1S/C13H18O.C9H11BrN2O2/c1-3-7-12(8-4-1)11-14-13-9-5-2-6-10-13;10-7-5-8(9(13)11-6-7)12-1-3-14-4-2-12/h1,3-4,7-8,13H,2,5-6,9-11H2;5-6H,1-4H2,(H,11,13). The number of hydrogen-bond acceptors (Lipinski definition) is 4. The molecular weight excluding hydrogens is 420 g/mol. The lowest BCUT2D eigenvalue weighted by atomic mass is 9.98. The summed E-state index contributed by atoms with van der Waals surface area (Å²) in [4.78, 5) is 16.2. The maximum Gasteiger partial charge on any atom is 0.271 e. The average molecular weight is 449 g/mol. The summed E-state index contributed by atoms with van der Waals surface area (Å²) < 4.78 is 12.0. The van der Waals surface area contributed by atoms with Gasteiger partial charge in [0, 0.05) is 23.8 Å². The number of ether oxygens (including phenoxy) is 2. The molecule has 0 radical (unpaired) electrons. The number of pyridine rings is 1. The topological polar surface area (TPSA) is 54.6 Å². The fourth-order valence-corrected chi connectivity index (χ4v) is 3.84. The van der Waals surface area contributed by atoms with Crippen LogP contribution in [0.25, 0.3) is 0 Å². The van der Waals surface area contributed by atoms with Crippen LogP contribution < -0.4 is 10.5 Å². The van der Waals surface area contributed by atoms with Gasteiger partial charge in [0.25, 0.3) is 5.56 Å². The molecule has 2 aromatic rings. The van der Waals surface area contributed by atoms with E-state index in [0.717, 1.165) is 24.2 Å². The molecule has 1 aromatic heterocycles. The van der Waals surface area contributed by atoms with Gasteiger partial charge in [0.2, 0.25) is 0 Å². The van der Waals surface area contributed by atoms with Gasteiger partial charge in [0.1, 0.15) is 5.69 Å². The molecule has 152 valence electrons. The first-order valence-corrected chi connectivity index (χ1v) is 10.9. The number of H-pyrrole nitrogens is 1. The van der Waals surface area contributed by atoms with E-state index in [9.17, 15) is 4.79 Å². The van der Waals surface area contributed by atoms with Crippen molar-refractivity contribution < 1.29 is 9.47 Å². The van der Waals surface area contributed by atoms with Gasteiger partial charge >= 0.3 is 0 Å².